The van der Waals surface area contributed by atoms with E-state index in [4.69, 9.17) is 17.3 Å². The van der Waals surface area contributed by atoms with Crippen LogP contribution in [0.2, 0.25) is 5.02 Å². The highest BCUT2D eigenvalue weighted by molar-refractivity contribution is 9.10. The average Bonchev–Trinajstić information content (AvgIpc) is 2.93. The van der Waals surface area contributed by atoms with Gasteiger partial charge in [0.15, 0.2) is 0 Å². The van der Waals surface area contributed by atoms with Gasteiger partial charge < -0.3 is 10.7 Å². The van der Waals surface area contributed by atoms with Gasteiger partial charge in [0.2, 0.25) is 0 Å². The van der Waals surface area contributed by atoms with Crippen LogP contribution in [0, 0.1) is 0 Å². The van der Waals surface area contributed by atoms with E-state index in [1.54, 1.807) is 6.07 Å². The van der Waals surface area contributed by atoms with E-state index in [1.165, 1.54) is 12.1 Å². The standard InChI is InChI=1S/C19H17BrClF3N2/c20-16-10-13(21)9-15-14(3-1-2-8-25)17(26-18(15)16)11-4-6-12(7-5-11)19(22,23)24/h4-7,9-10,26H,1-3,8,25H2. The highest BCUT2D eigenvalue weighted by Crippen LogP contribution is 2.38. The molecule has 0 saturated carbocycles. The van der Waals surface area contributed by atoms with Crippen LogP contribution in [0.15, 0.2) is 40.9 Å². The topological polar surface area (TPSA) is 41.8 Å². The van der Waals surface area contributed by atoms with Crippen molar-refractivity contribution in [2.24, 2.45) is 5.73 Å². The molecule has 3 rings (SSSR count). The number of aromatic amines is 1. The van der Waals surface area contributed by atoms with Crippen LogP contribution < -0.4 is 5.73 Å². The number of halogens is 5. The first-order valence-electron chi connectivity index (χ1n) is 8.18. The van der Waals surface area contributed by atoms with E-state index in [-0.39, 0.29) is 0 Å². The Morgan fingerprint density at radius 1 is 1.08 bits per heavy atom. The van der Waals surface area contributed by atoms with Crippen LogP contribution >= 0.6 is 27.5 Å². The number of nitrogens with one attached hydrogen (secondary N) is 1. The van der Waals surface area contributed by atoms with Gasteiger partial charge >= 0.3 is 6.18 Å². The first-order chi connectivity index (χ1) is 12.3. The van der Waals surface area contributed by atoms with Gasteiger partial charge in [-0.1, -0.05) is 23.7 Å². The van der Waals surface area contributed by atoms with E-state index in [0.29, 0.717) is 17.1 Å². The third-order valence-corrected chi connectivity index (χ3v) is 5.16. The number of unbranched alkanes of at least 4 members (excludes halogenated alkanes) is 1. The minimum Gasteiger partial charge on any atom is -0.353 e. The molecule has 1 aromatic heterocycles. The molecule has 2 nitrogen and oxygen atoms in total. The molecule has 0 bridgehead atoms. The van der Waals surface area contributed by atoms with Gasteiger partial charge in [0.1, 0.15) is 0 Å². The summed E-state index contributed by atoms with van der Waals surface area (Å²) < 4.78 is 39.3. The molecule has 0 aliphatic rings. The maximum absolute atomic E-state index is 12.8. The number of alkyl halides is 3. The van der Waals surface area contributed by atoms with Gasteiger partial charge in [-0.3, -0.25) is 0 Å². The van der Waals surface area contributed by atoms with Gasteiger partial charge in [0.05, 0.1) is 11.1 Å². The van der Waals surface area contributed by atoms with Gasteiger partial charge in [0.25, 0.3) is 0 Å². The van der Waals surface area contributed by atoms with Crippen molar-refractivity contribution in [3.8, 4) is 11.3 Å². The zero-order valence-corrected chi connectivity index (χ0v) is 16.1. The molecule has 26 heavy (non-hydrogen) atoms. The molecule has 0 spiro atoms. The van der Waals surface area contributed by atoms with Crippen LogP contribution in [-0.2, 0) is 12.6 Å². The van der Waals surface area contributed by atoms with Gasteiger partial charge in [0, 0.05) is 20.6 Å². The Balaban J connectivity index is 2.11. The molecule has 0 saturated heterocycles. The van der Waals surface area contributed by atoms with E-state index in [1.807, 2.05) is 6.07 Å². The summed E-state index contributed by atoms with van der Waals surface area (Å²) in [5, 5.41) is 1.57. The fraction of sp³-hybridized carbons (Fsp3) is 0.263. The lowest BCUT2D eigenvalue weighted by molar-refractivity contribution is -0.137. The predicted octanol–water partition coefficient (Wildman–Crippen LogP) is 6.55. The molecule has 0 amide bonds. The Labute approximate surface area is 162 Å². The van der Waals surface area contributed by atoms with Gasteiger partial charge in [-0.2, -0.15) is 13.2 Å². The first-order valence-corrected chi connectivity index (χ1v) is 9.35. The monoisotopic (exact) mass is 444 g/mol. The summed E-state index contributed by atoms with van der Waals surface area (Å²) in [6.45, 7) is 0.600. The minimum atomic E-state index is -4.35. The van der Waals surface area contributed by atoms with E-state index in [0.717, 1.165) is 58.0 Å². The summed E-state index contributed by atoms with van der Waals surface area (Å²) in [6, 6.07) is 8.87. The molecule has 3 aromatic rings. The second-order valence-corrected chi connectivity index (χ2v) is 7.40. The zero-order valence-electron chi connectivity index (χ0n) is 13.8. The van der Waals surface area contributed by atoms with Crippen molar-refractivity contribution in [1.29, 1.82) is 0 Å². The van der Waals surface area contributed by atoms with Crippen molar-refractivity contribution >= 4 is 38.4 Å². The quantitative estimate of drug-likeness (QED) is 0.430. The molecule has 0 radical (unpaired) electrons. The Kier molecular flexibility index (Phi) is 5.65. The molecule has 7 heteroatoms. The van der Waals surface area contributed by atoms with Crippen molar-refractivity contribution in [2.45, 2.75) is 25.4 Å². The Bertz CT molecular complexity index is 917. The van der Waals surface area contributed by atoms with Crippen LogP contribution in [0.1, 0.15) is 24.0 Å². The number of rotatable bonds is 5. The van der Waals surface area contributed by atoms with E-state index < -0.39 is 11.7 Å². The lowest BCUT2D eigenvalue weighted by Crippen LogP contribution is -2.04. The lowest BCUT2D eigenvalue weighted by atomic mass is 9.99. The first kappa shape index (κ1) is 19.3. The highest BCUT2D eigenvalue weighted by atomic mass is 79.9. The third kappa shape index (κ3) is 3.92. The second kappa shape index (κ2) is 7.62. The Morgan fingerprint density at radius 3 is 2.38 bits per heavy atom. The van der Waals surface area contributed by atoms with Crippen molar-refractivity contribution in [3.63, 3.8) is 0 Å². The number of nitrogens with two attached hydrogens (primary N) is 1. The maximum atomic E-state index is 12.8. The number of benzene rings is 2. The smallest absolute Gasteiger partial charge is 0.353 e. The summed E-state index contributed by atoms with van der Waals surface area (Å²) in [5.41, 5.74) is 8.37. The molecule has 0 aliphatic heterocycles. The van der Waals surface area contributed by atoms with Crippen LogP contribution in [0.25, 0.3) is 22.2 Å². The molecule has 3 N–H and O–H groups in total. The van der Waals surface area contributed by atoms with E-state index >= 15 is 0 Å². The molecule has 138 valence electrons. The largest absolute Gasteiger partial charge is 0.416 e. The molecule has 1 heterocycles. The molecular weight excluding hydrogens is 429 g/mol. The normalized spacial score (nSPS) is 12.1. The van der Waals surface area contributed by atoms with Crippen molar-refractivity contribution in [2.75, 3.05) is 6.54 Å². The van der Waals surface area contributed by atoms with E-state index in [2.05, 4.69) is 20.9 Å². The summed E-state index contributed by atoms with van der Waals surface area (Å²) in [4.78, 5) is 3.34. The van der Waals surface area contributed by atoms with Crippen LogP contribution in [0.4, 0.5) is 13.2 Å². The molecule has 0 fully saturated rings. The van der Waals surface area contributed by atoms with Crippen molar-refractivity contribution in [1.82, 2.24) is 4.98 Å². The molecule has 0 atom stereocenters. The Hall–Kier alpha value is -1.50. The second-order valence-electron chi connectivity index (χ2n) is 6.11. The summed E-state index contributed by atoms with van der Waals surface area (Å²) in [6.07, 6.45) is -1.82. The summed E-state index contributed by atoms with van der Waals surface area (Å²) >= 11 is 9.70. The fourth-order valence-corrected chi connectivity index (χ4v) is 3.96. The minimum absolute atomic E-state index is 0.599. The molecule has 0 aliphatic carbocycles. The number of aryl methyl sites for hydroxylation is 1. The highest BCUT2D eigenvalue weighted by Gasteiger charge is 2.30. The predicted molar refractivity (Wildman–Crippen MR) is 103 cm³/mol. The van der Waals surface area contributed by atoms with Crippen LogP contribution in [0.5, 0.6) is 0 Å². The summed E-state index contributed by atoms with van der Waals surface area (Å²) in [5.74, 6) is 0. The number of hydrogen-bond acceptors (Lipinski definition) is 1. The number of fused-ring (bicyclic) bond motifs is 1. The SMILES string of the molecule is NCCCCc1c(-c2ccc(C(F)(F)F)cc2)[nH]c2c(Br)cc(Cl)cc12. The van der Waals surface area contributed by atoms with Crippen LogP contribution in [-0.4, -0.2) is 11.5 Å². The zero-order chi connectivity index (χ0) is 18.9. The van der Waals surface area contributed by atoms with Crippen molar-refractivity contribution < 1.29 is 13.2 Å². The summed E-state index contributed by atoms with van der Waals surface area (Å²) in [7, 11) is 0. The number of aromatic nitrogens is 1. The number of hydrogen-bond donors (Lipinski definition) is 2. The third-order valence-electron chi connectivity index (χ3n) is 4.31. The lowest BCUT2D eigenvalue weighted by Gasteiger charge is -2.09. The van der Waals surface area contributed by atoms with Crippen molar-refractivity contribution in [3.05, 3.63) is 57.0 Å². The Morgan fingerprint density at radius 2 is 1.77 bits per heavy atom. The number of H-pyrrole nitrogens is 1. The van der Waals surface area contributed by atoms with Gasteiger partial charge in [-0.15, -0.1) is 0 Å². The van der Waals surface area contributed by atoms with Gasteiger partial charge in [-0.05, 0) is 77.1 Å². The molecule has 0 unspecified atom stereocenters. The van der Waals surface area contributed by atoms with Crippen LogP contribution in [0.3, 0.4) is 0 Å². The maximum Gasteiger partial charge on any atom is 0.416 e. The molecule has 2 aromatic carbocycles. The average molecular weight is 446 g/mol. The van der Waals surface area contributed by atoms with E-state index in [9.17, 15) is 13.2 Å². The molecular formula is C19H17BrClF3N2. The van der Waals surface area contributed by atoms with Gasteiger partial charge in [-0.25, -0.2) is 0 Å². The fourth-order valence-electron chi connectivity index (χ4n) is 3.05.